The lowest BCUT2D eigenvalue weighted by Gasteiger charge is -2.14. The van der Waals surface area contributed by atoms with Crippen LogP contribution in [0.3, 0.4) is 0 Å². The fraction of sp³-hybridized carbons (Fsp3) is 0.600. The molecule has 0 aliphatic heterocycles. The van der Waals surface area contributed by atoms with Crippen molar-refractivity contribution in [3.63, 3.8) is 0 Å². The van der Waals surface area contributed by atoms with E-state index >= 15 is 0 Å². The van der Waals surface area contributed by atoms with Crippen LogP contribution < -0.4 is 10.6 Å². The lowest BCUT2D eigenvalue weighted by atomic mass is 10.3. The SMILES string of the molecule is CS(=O)(=O)C(CNC(=O)CCC(=O)O)C(=O)NCC#N. The minimum absolute atomic E-state index is 0.314. The molecule has 0 bridgehead atoms. The predicted molar refractivity (Wildman–Crippen MR) is 67.1 cm³/mol. The average Bonchev–Trinajstić information content (AvgIpc) is 2.32. The number of hydrogen-bond donors (Lipinski definition) is 3. The first-order valence-corrected chi connectivity index (χ1v) is 7.46. The molecule has 0 aliphatic carbocycles. The monoisotopic (exact) mass is 305 g/mol. The molecule has 0 heterocycles. The highest BCUT2D eigenvalue weighted by Gasteiger charge is 2.29. The topological polar surface area (TPSA) is 153 Å². The van der Waals surface area contributed by atoms with E-state index in [2.05, 4.69) is 10.6 Å². The molecular formula is C10H15N3O6S. The first-order valence-electron chi connectivity index (χ1n) is 5.50. The molecule has 1 unspecified atom stereocenters. The van der Waals surface area contributed by atoms with Gasteiger partial charge in [-0.1, -0.05) is 0 Å². The summed E-state index contributed by atoms with van der Waals surface area (Å²) < 4.78 is 22.9. The van der Waals surface area contributed by atoms with Crippen LogP contribution in [0.25, 0.3) is 0 Å². The molecule has 0 spiro atoms. The molecule has 2 amide bonds. The van der Waals surface area contributed by atoms with Crippen molar-refractivity contribution in [2.24, 2.45) is 0 Å². The van der Waals surface area contributed by atoms with E-state index in [1.807, 2.05) is 0 Å². The lowest BCUT2D eigenvalue weighted by Crippen LogP contribution is -2.46. The third-order valence-electron chi connectivity index (χ3n) is 2.20. The second-order valence-electron chi connectivity index (χ2n) is 3.89. The minimum atomic E-state index is -3.77. The summed E-state index contributed by atoms with van der Waals surface area (Å²) in [6.45, 7) is -0.827. The van der Waals surface area contributed by atoms with Crippen LogP contribution in [0.2, 0.25) is 0 Å². The van der Waals surface area contributed by atoms with Gasteiger partial charge >= 0.3 is 5.97 Å². The van der Waals surface area contributed by atoms with Crippen LogP contribution in [-0.2, 0) is 24.2 Å². The number of sulfone groups is 1. The number of amides is 2. The molecule has 9 nitrogen and oxygen atoms in total. The van der Waals surface area contributed by atoms with E-state index in [0.717, 1.165) is 6.26 Å². The Kier molecular flexibility index (Phi) is 7.24. The second-order valence-corrected chi connectivity index (χ2v) is 6.12. The molecule has 1 atom stereocenters. The van der Waals surface area contributed by atoms with Crippen molar-refractivity contribution >= 4 is 27.6 Å². The number of carbonyl (C=O) groups excluding carboxylic acids is 2. The number of carboxylic acid groups (broad SMARTS) is 1. The summed E-state index contributed by atoms with van der Waals surface area (Å²) in [7, 11) is -3.77. The lowest BCUT2D eigenvalue weighted by molar-refractivity contribution is -0.138. The third kappa shape index (κ3) is 7.32. The summed E-state index contributed by atoms with van der Waals surface area (Å²) in [6.07, 6.45) is 0.120. The van der Waals surface area contributed by atoms with E-state index in [0.29, 0.717) is 0 Å². The second kappa shape index (κ2) is 8.11. The van der Waals surface area contributed by atoms with Crippen LogP contribution in [0.15, 0.2) is 0 Å². The van der Waals surface area contributed by atoms with Crippen molar-refractivity contribution in [3.8, 4) is 6.07 Å². The van der Waals surface area contributed by atoms with Crippen LogP contribution in [0, 0.1) is 11.3 Å². The molecule has 0 radical (unpaired) electrons. The molecule has 0 saturated heterocycles. The van der Waals surface area contributed by atoms with Crippen molar-refractivity contribution in [1.29, 1.82) is 5.26 Å². The zero-order chi connectivity index (χ0) is 15.8. The first kappa shape index (κ1) is 17.8. The number of nitrogens with zero attached hydrogens (tertiary/aromatic N) is 1. The van der Waals surface area contributed by atoms with Gasteiger partial charge in [0.05, 0.1) is 12.5 Å². The molecule has 112 valence electrons. The zero-order valence-electron chi connectivity index (χ0n) is 10.7. The Morgan fingerprint density at radius 2 is 1.85 bits per heavy atom. The van der Waals surface area contributed by atoms with Gasteiger partial charge in [0.1, 0.15) is 6.54 Å². The van der Waals surface area contributed by atoms with Crippen molar-refractivity contribution < 1.29 is 27.9 Å². The molecule has 0 aromatic rings. The van der Waals surface area contributed by atoms with Gasteiger partial charge in [-0.25, -0.2) is 8.42 Å². The standard InChI is InChI=1S/C10H15N3O6S/c1-20(18,19)7(10(17)12-5-4-11)6-13-8(14)2-3-9(15)16/h7H,2-3,5-6H2,1H3,(H,12,17)(H,13,14)(H,15,16). The quantitative estimate of drug-likeness (QED) is 0.439. The normalized spacial score (nSPS) is 12.0. The Bertz CT molecular complexity index is 522. The molecule has 0 aromatic carbocycles. The van der Waals surface area contributed by atoms with Crippen LogP contribution in [0.5, 0.6) is 0 Å². The molecule has 0 aromatic heterocycles. The summed E-state index contributed by atoms with van der Waals surface area (Å²) in [5.74, 6) is -2.73. The maximum Gasteiger partial charge on any atom is 0.303 e. The largest absolute Gasteiger partial charge is 0.481 e. The van der Waals surface area contributed by atoms with E-state index < -0.39 is 45.8 Å². The average molecular weight is 305 g/mol. The number of carboxylic acids is 1. The van der Waals surface area contributed by atoms with Crippen molar-refractivity contribution in [2.75, 3.05) is 19.3 Å². The van der Waals surface area contributed by atoms with E-state index in [4.69, 9.17) is 10.4 Å². The Morgan fingerprint density at radius 1 is 1.25 bits per heavy atom. The fourth-order valence-corrected chi connectivity index (χ4v) is 2.05. The molecule has 0 fully saturated rings. The number of nitriles is 1. The van der Waals surface area contributed by atoms with Crippen molar-refractivity contribution in [2.45, 2.75) is 18.1 Å². The Labute approximate surface area is 115 Å². The summed E-state index contributed by atoms with van der Waals surface area (Å²) in [6, 6.07) is 1.62. The number of aliphatic carboxylic acids is 1. The van der Waals surface area contributed by atoms with Crippen molar-refractivity contribution in [3.05, 3.63) is 0 Å². The zero-order valence-corrected chi connectivity index (χ0v) is 11.6. The maximum absolute atomic E-state index is 11.5. The molecular weight excluding hydrogens is 290 g/mol. The van der Waals surface area contributed by atoms with Gasteiger partial charge in [-0.15, -0.1) is 0 Å². The number of carbonyl (C=O) groups is 3. The van der Waals surface area contributed by atoms with Gasteiger partial charge in [-0.3, -0.25) is 14.4 Å². The van der Waals surface area contributed by atoms with Gasteiger partial charge in [0, 0.05) is 19.2 Å². The third-order valence-corrected chi connectivity index (χ3v) is 3.62. The summed E-state index contributed by atoms with van der Waals surface area (Å²) in [5.41, 5.74) is 0. The molecule has 3 N–H and O–H groups in total. The smallest absolute Gasteiger partial charge is 0.303 e. The molecule has 10 heteroatoms. The van der Waals surface area contributed by atoms with Crippen LogP contribution in [-0.4, -0.2) is 55.9 Å². The van der Waals surface area contributed by atoms with E-state index in [9.17, 15) is 22.8 Å². The predicted octanol–water partition coefficient (Wildman–Crippen LogP) is -1.98. The highest BCUT2D eigenvalue weighted by atomic mass is 32.2. The van der Waals surface area contributed by atoms with E-state index in [1.54, 1.807) is 6.07 Å². The number of nitrogens with one attached hydrogen (secondary N) is 2. The highest BCUT2D eigenvalue weighted by molar-refractivity contribution is 7.92. The fourth-order valence-electron chi connectivity index (χ4n) is 1.19. The van der Waals surface area contributed by atoms with Gasteiger partial charge in [-0.05, 0) is 0 Å². The van der Waals surface area contributed by atoms with Gasteiger partial charge in [0.15, 0.2) is 15.1 Å². The van der Waals surface area contributed by atoms with Crippen LogP contribution >= 0.6 is 0 Å². The Morgan fingerprint density at radius 3 is 2.30 bits per heavy atom. The van der Waals surface area contributed by atoms with E-state index in [-0.39, 0.29) is 13.0 Å². The molecule has 0 aliphatic rings. The van der Waals surface area contributed by atoms with Gasteiger partial charge in [-0.2, -0.15) is 5.26 Å². The van der Waals surface area contributed by atoms with E-state index in [1.165, 1.54) is 0 Å². The van der Waals surface area contributed by atoms with Crippen LogP contribution in [0.1, 0.15) is 12.8 Å². The number of hydrogen-bond acceptors (Lipinski definition) is 6. The van der Waals surface area contributed by atoms with Crippen molar-refractivity contribution in [1.82, 2.24) is 10.6 Å². The van der Waals surface area contributed by atoms with Gasteiger partial charge in [0.25, 0.3) is 0 Å². The summed E-state index contributed by atoms with van der Waals surface area (Å²) in [5, 5.41) is 19.4. The Balaban J connectivity index is 4.54. The number of rotatable bonds is 8. The molecule has 0 rings (SSSR count). The first-order chi connectivity index (χ1) is 9.18. The summed E-state index contributed by atoms with van der Waals surface area (Å²) >= 11 is 0. The minimum Gasteiger partial charge on any atom is -0.481 e. The van der Waals surface area contributed by atoms with Gasteiger partial charge in [0.2, 0.25) is 11.8 Å². The van der Waals surface area contributed by atoms with Gasteiger partial charge < -0.3 is 15.7 Å². The maximum atomic E-state index is 11.5. The molecule has 20 heavy (non-hydrogen) atoms. The molecule has 0 saturated carbocycles. The Hall–Kier alpha value is -2.15. The van der Waals surface area contributed by atoms with Crippen LogP contribution in [0.4, 0.5) is 0 Å². The highest BCUT2D eigenvalue weighted by Crippen LogP contribution is 1.99. The summed E-state index contributed by atoms with van der Waals surface area (Å²) in [4.78, 5) is 33.1.